The van der Waals surface area contributed by atoms with E-state index in [9.17, 15) is 18.0 Å². The molecule has 0 aliphatic carbocycles. The highest BCUT2D eigenvalue weighted by atomic mass is 32.1. The first-order chi connectivity index (χ1) is 9.38. The quantitative estimate of drug-likeness (QED) is 0.901. The molecule has 0 spiro atoms. The molecule has 0 saturated heterocycles. The number of thiophene rings is 1. The molecular formula is C14H12F3NOS. The van der Waals surface area contributed by atoms with Gasteiger partial charge in [-0.05, 0) is 36.6 Å². The minimum atomic E-state index is -4.45. The second-order valence-electron chi connectivity index (χ2n) is 4.29. The molecule has 1 aromatic heterocycles. The highest BCUT2D eigenvalue weighted by Crippen LogP contribution is 2.29. The average Bonchev–Trinajstić information content (AvgIpc) is 2.91. The first-order valence-corrected chi connectivity index (χ1v) is 6.77. The van der Waals surface area contributed by atoms with E-state index < -0.39 is 17.6 Å². The predicted octanol–water partition coefficient (Wildman–Crippen LogP) is 4.26. The molecule has 0 radical (unpaired) electrons. The Labute approximate surface area is 118 Å². The number of halogens is 3. The van der Waals surface area contributed by atoms with Crippen molar-refractivity contribution in [2.75, 3.05) is 0 Å². The summed E-state index contributed by atoms with van der Waals surface area (Å²) in [5.74, 6) is -0.517. The van der Waals surface area contributed by atoms with Gasteiger partial charge in [-0.3, -0.25) is 4.79 Å². The summed E-state index contributed by atoms with van der Waals surface area (Å²) in [5, 5.41) is 4.56. The van der Waals surface area contributed by atoms with Gasteiger partial charge >= 0.3 is 6.18 Å². The van der Waals surface area contributed by atoms with Gasteiger partial charge in [0.25, 0.3) is 5.91 Å². The summed E-state index contributed by atoms with van der Waals surface area (Å²) in [6.45, 7) is 1.79. The normalized spacial score (nSPS) is 13.0. The van der Waals surface area contributed by atoms with Gasteiger partial charge in [0.05, 0.1) is 11.6 Å². The third kappa shape index (κ3) is 3.39. The maximum Gasteiger partial charge on any atom is 0.416 e. The Bertz CT molecular complexity index is 593. The fourth-order valence-electron chi connectivity index (χ4n) is 1.73. The maximum absolute atomic E-state index is 12.6. The van der Waals surface area contributed by atoms with Crippen molar-refractivity contribution in [3.63, 3.8) is 0 Å². The summed E-state index contributed by atoms with van der Waals surface area (Å²) in [7, 11) is 0. The number of carbonyl (C=O) groups excluding carboxylic acids is 1. The van der Waals surface area contributed by atoms with Crippen LogP contribution in [0.5, 0.6) is 0 Å². The van der Waals surface area contributed by atoms with Crippen LogP contribution in [0.15, 0.2) is 41.8 Å². The SMILES string of the molecule is C[C@H](NC(=O)c1cccc(C(F)(F)F)c1)c1cccs1. The molecule has 6 heteroatoms. The fraction of sp³-hybridized carbons (Fsp3) is 0.214. The van der Waals surface area contributed by atoms with E-state index in [0.717, 1.165) is 17.0 Å². The zero-order valence-electron chi connectivity index (χ0n) is 10.6. The van der Waals surface area contributed by atoms with Crippen molar-refractivity contribution in [2.45, 2.75) is 19.1 Å². The average molecular weight is 299 g/mol. The number of hydrogen-bond donors (Lipinski definition) is 1. The van der Waals surface area contributed by atoms with Gasteiger partial charge in [0.1, 0.15) is 0 Å². The summed E-state index contributed by atoms with van der Waals surface area (Å²) < 4.78 is 37.8. The summed E-state index contributed by atoms with van der Waals surface area (Å²) in [4.78, 5) is 12.9. The lowest BCUT2D eigenvalue weighted by atomic mass is 10.1. The van der Waals surface area contributed by atoms with E-state index in [1.165, 1.54) is 23.5 Å². The Hall–Kier alpha value is -1.82. The first kappa shape index (κ1) is 14.6. The van der Waals surface area contributed by atoms with Gasteiger partial charge in [-0.2, -0.15) is 13.2 Å². The molecule has 20 heavy (non-hydrogen) atoms. The van der Waals surface area contributed by atoms with Crippen LogP contribution in [-0.4, -0.2) is 5.91 Å². The van der Waals surface area contributed by atoms with Crippen LogP contribution in [-0.2, 0) is 6.18 Å². The minimum absolute atomic E-state index is 0.00299. The smallest absolute Gasteiger partial charge is 0.345 e. The molecule has 0 bridgehead atoms. The van der Waals surface area contributed by atoms with E-state index >= 15 is 0 Å². The van der Waals surface area contributed by atoms with Crippen molar-refractivity contribution in [1.29, 1.82) is 0 Å². The summed E-state index contributed by atoms with van der Waals surface area (Å²) >= 11 is 1.48. The predicted molar refractivity (Wildman–Crippen MR) is 71.6 cm³/mol. The van der Waals surface area contributed by atoms with Gasteiger partial charge in [0, 0.05) is 10.4 Å². The molecule has 2 aromatic rings. The molecule has 0 aliphatic heterocycles. The van der Waals surface area contributed by atoms with Crippen LogP contribution in [0.4, 0.5) is 13.2 Å². The molecule has 1 heterocycles. The highest BCUT2D eigenvalue weighted by molar-refractivity contribution is 7.10. The van der Waals surface area contributed by atoms with Crippen LogP contribution in [0.1, 0.15) is 33.8 Å². The van der Waals surface area contributed by atoms with Crippen molar-refractivity contribution < 1.29 is 18.0 Å². The number of amides is 1. The van der Waals surface area contributed by atoms with Crippen molar-refractivity contribution >= 4 is 17.2 Å². The molecule has 1 atom stereocenters. The van der Waals surface area contributed by atoms with Crippen LogP contribution in [0.3, 0.4) is 0 Å². The van der Waals surface area contributed by atoms with Gasteiger partial charge in [-0.1, -0.05) is 12.1 Å². The lowest BCUT2D eigenvalue weighted by Crippen LogP contribution is -2.26. The molecule has 0 aliphatic rings. The third-order valence-electron chi connectivity index (χ3n) is 2.77. The van der Waals surface area contributed by atoms with Crippen molar-refractivity contribution in [3.05, 3.63) is 57.8 Å². The van der Waals surface area contributed by atoms with Crippen LogP contribution >= 0.6 is 11.3 Å². The largest absolute Gasteiger partial charge is 0.416 e. The first-order valence-electron chi connectivity index (χ1n) is 5.89. The Morgan fingerprint density at radius 1 is 1.25 bits per heavy atom. The minimum Gasteiger partial charge on any atom is -0.345 e. The Kier molecular flexibility index (Phi) is 4.13. The second-order valence-corrected chi connectivity index (χ2v) is 5.27. The van der Waals surface area contributed by atoms with Crippen LogP contribution in [0.25, 0.3) is 0 Å². The third-order valence-corrected chi connectivity index (χ3v) is 3.82. The van der Waals surface area contributed by atoms with Crippen molar-refractivity contribution in [2.24, 2.45) is 0 Å². The molecule has 1 amide bonds. The van der Waals surface area contributed by atoms with E-state index in [-0.39, 0.29) is 11.6 Å². The summed E-state index contributed by atoms with van der Waals surface area (Å²) in [6.07, 6.45) is -4.45. The van der Waals surface area contributed by atoms with E-state index in [4.69, 9.17) is 0 Å². The maximum atomic E-state index is 12.6. The molecule has 1 N–H and O–H groups in total. The number of alkyl halides is 3. The number of hydrogen-bond acceptors (Lipinski definition) is 2. The molecule has 106 valence electrons. The highest BCUT2D eigenvalue weighted by Gasteiger charge is 2.31. The van der Waals surface area contributed by atoms with E-state index in [1.807, 2.05) is 17.5 Å². The monoisotopic (exact) mass is 299 g/mol. The van der Waals surface area contributed by atoms with Crippen molar-refractivity contribution in [3.8, 4) is 0 Å². The molecule has 2 rings (SSSR count). The summed E-state index contributed by atoms with van der Waals surface area (Å²) in [6, 6.07) is 7.88. The van der Waals surface area contributed by atoms with Gasteiger partial charge in [0.2, 0.25) is 0 Å². The zero-order valence-corrected chi connectivity index (χ0v) is 11.4. The van der Waals surface area contributed by atoms with Crippen molar-refractivity contribution in [1.82, 2.24) is 5.32 Å². The Balaban J connectivity index is 2.14. The van der Waals surface area contributed by atoms with Crippen LogP contribution in [0.2, 0.25) is 0 Å². The number of carbonyl (C=O) groups is 1. The topological polar surface area (TPSA) is 29.1 Å². The molecule has 0 unspecified atom stereocenters. The van der Waals surface area contributed by atoms with Gasteiger partial charge in [0.15, 0.2) is 0 Å². The lowest BCUT2D eigenvalue weighted by Gasteiger charge is -2.13. The zero-order chi connectivity index (χ0) is 14.8. The number of benzene rings is 1. The Morgan fingerprint density at radius 2 is 2.00 bits per heavy atom. The molecule has 0 fully saturated rings. The van der Waals surface area contributed by atoms with E-state index in [1.54, 1.807) is 6.92 Å². The summed E-state index contributed by atoms with van der Waals surface area (Å²) in [5.41, 5.74) is -0.822. The molecule has 1 aromatic carbocycles. The van der Waals surface area contributed by atoms with E-state index in [0.29, 0.717) is 0 Å². The van der Waals surface area contributed by atoms with Gasteiger partial charge < -0.3 is 5.32 Å². The fourth-order valence-corrected chi connectivity index (χ4v) is 2.46. The van der Waals surface area contributed by atoms with Crippen LogP contribution in [0, 0.1) is 0 Å². The number of nitrogens with one attached hydrogen (secondary N) is 1. The van der Waals surface area contributed by atoms with E-state index in [2.05, 4.69) is 5.32 Å². The molecule has 0 saturated carbocycles. The second kappa shape index (κ2) is 5.66. The van der Waals surface area contributed by atoms with Crippen LogP contribution < -0.4 is 5.32 Å². The van der Waals surface area contributed by atoms with Gasteiger partial charge in [-0.15, -0.1) is 11.3 Å². The lowest BCUT2D eigenvalue weighted by molar-refractivity contribution is -0.137. The number of rotatable bonds is 3. The Morgan fingerprint density at radius 3 is 2.60 bits per heavy atom. The standard InChI is InChI=1S/C14H12F3NOS/c1-9(12-6-3-7-20-12)18-13(19)10-4-2-5-11(8-10)14(15,16)17/h2-9H,1H3,(H,18,19)/t9-/m0/s1. The van der Waals surface area contributed by atoms with Gasteiger partial charge in [-0.25, -0.2) is 0 Å². The molecular weight excluding hydrogens is 287 g/mol. The molecule has 2 nitrogen and oxygen atoms in total.